The molecular weight excluding hydrogens is 329 g/mol. The molecule has 0 atom stereocenters. The minimum atomic E-state index is -0.238. The van der Waals surface area contributed by atoms with Crippen LogP contribution in [0.4, 0.5) is 4.39 Å². The Hall–Kier alpha value is -0.900. The van der Waals surface area contributed by atoms with Crippen LogP contribution >= 0.6 is 27.5 Å². The molecule has 0 spiro atoms. The van der Waals surface area contributed by atoms with E-state index in [-0.39, 0.29) is 5.82 Å². The van der Waals surface area contributed by atoms with Crippen LogP contribution in [-0.4, -0.2) is 11.9 Å². The number of nitrogens with zero attached hydrogens (tertiary/aromatic N) is 1. The van der Waals surface area contributed by atoms with E-state index in [2.05, 4.69) is 20.8 Å². The van der Waals surface area contributed by atoms with Gasteiger partial charge >= 0.3 is 0 Å². The average molecular weight is 343 g/mol. The molecule has 19 heavy (non-hydrogen) atoms. The molecule has 0 fully saturated rings. The fourth-order valence-corrected chi connectivity index (χ4v) is 2.54. The topological polar surface area (TPSA) is 3.24 Å². The minimum absolute atomic E-state index is 0.238. The van der Waals surface area contributed by atoms with Gasteiger partial charge in [0, 0.05) is 18.1 Å². The lowest BCUT2D eigenvalue weighted by molar-refractivity contribution is 0.319. The molecule has 0 radical (unpaired) electrons. The molecule has 0 heterocycles. The van der Waals surface area contributed by atoms with Gasteiger partial charge in [-0.3, -0.25) is 4.90 Å². The van der Waals surface area contributed by atoms with E-state index in [0.29, 0.717) is 4.47 Å². The van der Waals surface area contributed by atoms with Gasteiger partial charge in [-0.1, -0.05) is 35.9 Å². The Morgan fingerprint density at radius 1 is 1.16 bits per heavy atom. The smallest absolute Gasteiger partial charge is 0.137 e. The van der Waals surface area contributed by atoms with Crippen LogP contribution in [0.1, 0.15) is 11.1 Å². The SMILES string of the molecule is CN(Cc1ccc(F)c(Br)c1)Cc1ccccc1Cl. The normalized spacial score (nSPS) is 11.0. The highest BCUT2D eigenvalue weighted by molar-refractivity contribution is 9.10. The predicted octanol–water partition coefficient (Wildman–Crippen LogP) is 4.87. The van der Waals surface area contributed by atoms with Crippen LogP contribution in [-0.2, 0) is 13.1 Å². The van der Waals surface area contributed by atoms with Gasteiger partial charge in [-0.2, -0.15) is 0 Å². The summed E-state index contributed by atoms with van der Waals surface area (Å²) >= 11 is 9.33. The Bertz CT molecular complexity index is 574. The summed E-state index contributed by atoms with van der Waals surface area (Å²) in [6.07, 6.45) is 0. The van der Waals surface area contributed by atoms with Crippen molar-refractivity contribution in [2.75, 3.05) is 7.05 Å². The number of rotatable bonds is 4. The molecule has 1 nitrogen and oxygen atoms in total. The van der Waals surface area contributed by atoms with Gasteiger partial charge in [-0.05, 0) is 52.3 Å². The van der Waals surface area contributed by atoms with Crippen molar-refractivity contribution in [3.8, 4) is 0 Å². The lowest BCUT2D eigenvalue weighted by atomic mass is 10.2. The van der Waals surface area contributed by atoms with Crippen molar-refractivity contribution in [2.24, 2.45) is 0 Å². The third kappa shape index (κ3) is 4.03. The Balaban J connectivity index is 2.03. The molecule has 2 rings (SSSR count). The van der Waals surface area contributed by atoms with E-state index >= 15 is 0 Å². The minimum Gasteiger partial charge on any atom is -0.298 e. The first-order chi connectivity index (χ1) is 9.06. The molecule has 0 aliphatic heterocycles. The maximum atomic E-state index is 13.2. The molecule has 0 N–H and O–H groups in total. The first kappa shape index (κ1) is 14.5. The molecule has 0 amide bonds. The fourth-order valence-electron chi connectivity index (χ4n) is 1.92. The van der Waals surface area contributed by atoms with E-state index in [1.807, 2.05) is 31.3 Å². The van der Waals surface area contributed by atoms with Gasteiger partial charge in [0.1, 0.15) is 5.82 Å². The van der Waals surface area contributed by atoms with Crippen LogP contribution in [0.5, 0.6) is 0 Å². The van der Waals surface area contributed by atoms with E-state index < -0.39 is 0 Å². The standard InChI is InChI=1S/C15H14BrClFN/c1-19(10-12-4-2-3-5-14(12)17)9-11-6-7-15(18)13(16)8-11/h2-8H,9-10H2,1H3. The van der Waals surface area contributed by atoms with Gasteiger partial charge in [0.2, 0.25) is 0 Å². The van der Waals surface area contributed by atoms with Gasteiger partial charge in [0.05, 0.1) is 4.47 Å². The van der Waals surface area contributed by atoms with E-state index in [1.54, 1.807) is 12.1 Å². The first-order valence-electron chi connectivity index (χ1n) is 5.92. The van der Waals surface area contributed by atoms with Crippen molar-refractivity contribution >= 4 is 27.5 Å². The molecule has 0 aliphatic rings. The maximum absolute atomic E-state index is 13.2. The third-order valence-corrected chi connectivity index (χ3v) is 3.81. The van der Waals surface area contributed by atoms with E-state index in [4.69, 9.17) is 11.6 Å². The second kappa shape index (κ2) is 6.51. The highest BCUT2D eigenvalue weighted by Crippen LogP contribution is 2.20. The Morgan fingerprint density at radius 2 is 1.89 bits per heavy atom. The lowest BCUT2D eigenvalue weighted by Crippen LogP contribution is -2.17. The largest absolute Gasteiger partial charge is 0.298 e. The van der Waals surface area contributed by atoms with Crippen LogP contribution in [0.2, 0.25) is 5.02 Å². The second-order valence-electron chi connectivity index (χ2n) is 4.51. The highest BCUT2D eigenvalue weighted by Gasteiger charge is 2.06. The molecule has 0 unspecified atom stereocenters. The summed E-state index contributed by atoms with van der Waals surface area (Å²) in [5.74, 6) is -0.238. The summed E-state index contributed by atoms with van der Waals surface area (Å²) in [6.45, 7) is 1.50. The van der Waals surface area contributed by atoms with Gasteiger partial charge in [-0.15, -0.1) is 0 Å². The number of hydrogen-bond donors (Lipinski definition) is 0. The molecule has 0 aromatic heterocycles. The van der Waals surface area contributed by atoms with E-state index in [1.165, 1.54) is 6.07 Å². The van der Waals surface area contributed by atoms with Gasteiger partial charge < -0.3 is 0 Å². The van der Waals surface area contributed by atoms with Crippen LogP contribution in [0.15, 0.2) is 46.9 Å². The van der Waals surface area contributed by atoms with Crippen LogP contribution in [0.3, 0.4) is 0 Å². The molecule has 2 aromatic rings. The van der Waals surface area contributed by atoms with Crippen LogP contribution in [0, 0.1) is 5.82 Å². The number of benzene rings is 2. The number of hydrogen-bond acceptors (Lipinski definition) is 1. The molecule has 4 heteroatoms. The van der Waals surface area contributed by atoms with Gasteiger partial charge in [-0.25, -0.2) is 4.39 Å². The Morgan fingerprint density at radius 3 is 2.58 bits per heavy atom. The summed E-state index contributed by atoms with van der Waals surface area (Å²) in [7, 11) is 2.01. The van der Waals surface area contributed by atoms with Gasteiger partial charge in [0.25, 0.3) is 0 Å². The quantitative estimate of drug-likeness (QED) is 0.766. The van der Waals surface area contributed by atoms with Crippen molar-refractivity contribution < 1.29 is 4.39 Å². The molecule has 0 saturated heterocycles. The second-order valence-corrected chi connectivity index (χ2v) is 5.77. The third-order valence-electron chi connectivity index (χ3n) is 2.83. The van der Waals surface area contributed by atoms with Gasteiger partial charge in [0.15, 0.2) is 0 Å². The zero-order valence-electron chi connectivity index (χ0n) is 10.5. The summed E-state index contributed by atoms with van der Waals surface area (Å²) in [5.41, 5.74) is 2.15. The van der Waals surface area contributed by atoms with Crippen LogP contribution < -0.4 is 0 Å². The summed E-state index contributed by atoms with van der Waals surface area (Å²) in [6, 6.07) is 12.9. The highest BCUT2D eigenvalue weighted by atomic mass is 79.9. The molecule has 2 aromatic carbocycles. The van der Waals surface area contributed by atoms with Crippen LogP contribution in [0.25, 0.3) is 0 Å². The summed E-state index contributed by atoms with van der Waals surface area (Å²) < 4.78 is 13.7. The average Bonchev–Trinajstić information content (AvgIpc) is 2.37. The van der Waals surface area contributed by atoms with E-state index in [0.717, 1.165) is 29.2 Å². The maximum Gasteiger partial charge on any atom is 0.137 e. The zero-order valence-corrected chi connectivity index (χ0v) is 12.9. The molecule has 0 aliphatic carbocycles. The van der Waals surface area contributed by atoms with Crippen molar-refractivity contribution in [3.05, 3.63) is 68.9 Å². The van der Waals surface area contributed by atoms with E-state index in [9.17, 15) is 4.39 Å². The summed E-state index contributed by atoms with van der Waals surface area (Å²) in [5, 5.41) is 0.773. The molecular formula is C15H14BrClFN. The zero-order chi connectivity index (χ0) is 13.8. The van der Waals surface area contributed by atoms with Crippen molar-refractivity contribution in [1.82, 2.24) is 4.90 Å². The molecule has 0 saturated carbocycles. The Labute approximate surface area is 126 Å². The fraction of sp³-hybridized carbons (Fsp3) is 0.200. The van der Waals surface area contributed by atoms with Crippen molar-refractivity contribution in [2.45, 2.75) is 13.1 Å². The van der Waals surface area contributed by atoms with Crippen molar-refractivity contribution in [3.63, 3.8) is 0 Å². The molecule has 0 bridgehead atoms. The predicted molar refractivity (Wildman–Crippen MR) is 80.7 cm³/mol. The monoisotopic (exact) mass is 341 g/mol. The van der Waals surface area contributed by atoms with Crippen molar-refractivity contribution in [1.29, 1.82) is 0 Å². The lowest BCUT2D eigenvalue weighted by Gasteiger charge is -2.17. The molecule has 100 valence electrons. The first-order valence-corrected chi connectivity index (χ1v) is 7.09. The Kier molecular flexibility index (Phi) is 4.97. The summed E-state index contributed by atoms with van der Waals surface area (Å²) in [4.78, 5) is 2.14. The number of halogens is 3.